The van der Waals surface area contributed by atoms with Crippen molar-refractivity contribution >= 4 is 11.7 Å². The molecule has 9 nitrogen and oxygen atoms in total. The summed E-state index contributed by atoms with van der Waals surface area (Å²) in [6, 6.07) is 15.2. The Bertz CT molecular complexity index is 1220. The topological polar surface area (TPSA) is 97.7 Å². The number of aromatic nitrogens is 2. The minimum absolute atomic E-state index is 0.120. The highest BCUT2D eigenvalue weighted by atomic mass is 16.6. The molecule has 1 aromatic heterocycles. The molecule has 36 heavy (non-hydrogen) atoms. The van der Waals surface area contributed by atoms with Crippen LogP contribution >= 0.6 is 0 Å². The quantitative estimate of drug-likeness (QED) is 0.444. The van der Waals surface area contributed by atoms with Crippen LogP contribution in [-0.2, 0) is 9.57 Å². The molecule has 1 aliphatic heterocycles. The summed E-state index contributed by atoms with van der Waals surface area (Å²) in [5.41, 5.74) is 4.95. The average molecular weight is 492 g/mol. The van der Waals surface area contributed by atoms with Gasteiger partial charge in [-0.05, 0) is 36.1 Å². The molecule has 0 unspecified atom stereocenters. The number of hydroxylamine groups is 1. The first-order chi connectivity index (χ1) is 17.5. The summed E-state index contributed by atoms with van der Waals surface area (Å²) < 4.78 is 7.01. The standard InChI is InChI=1S/C27H33N5O4/c1-19-9-10-22(26(33)30-35-3)17-23(19)32-12-11-28-25(27(32)34)29-24(21-7-5-4-6-8-21)20(2)18-31-13-15-36-16-14-31/h4-12,17,20,24H,13-16,18H2,1-3H3,(H,28,29)(H,30,33)/t20-,24+/m0/s1. The monoisotopic (exact) mass is 491 g/mol. The van der Waals surface area contributed by atoms with Crippen molar-refractivity contribution in [2.24, 2.45) is 5.92 Å². The molecule has 0 spiro atoms. The Morgan fingerprint density at radius 3 is 2.64 bits per heavy atom. The molecular weight excluding hydrogens is 458 g/mol. The van der Waals surface area contributed by atoms with Crippen LogP contribution in [0.1, 0.15) is 34.5 Å². The van der Waals surface area contributed by atoms with Gasteiger partial charge in [0.25, 0.3) is 11.5 Å². The van der Waals surface area contributed by atoms with Crippen LogP contribution in [0.2, 0.25) is 0 Å². The van der Waals surface area contributed by atoms with Gasteiger partial charge in [0.15, 0.2) is 5.82 Å². The number of rotatable bonds is 9. The Morgan fingerprint density at radius 2 is 1.92 bits per heavy atom. The number of ether oxygens (including phenoxy) is 1. The molecule has 0 bridgehead atoms. The van der Waals surface area contributed by atoms with Crippen molar-refractivity contribution in [2.75, 3.05) is 45.3 Å². The third-order valence-electron chi connectivity index (χ3n) is 6.44. The summed E-state index contributed by atoms with van der Waals surface area (Å²) in [4.78, 5) is 37.4. The molecule has 3 aromatic rings. The van der Waals surface area contributed by atoms with E-state index in [0.29, 0.717) is 11.3 Å². The van der Waals surface area contributed by atoms with Gasteiger partial charge in [0.05, 0.1) is 32.1 Å². The summed E-state index contributed by atoms with van der Waals surface area (Å²) in [5, 5.41) is 3.44. The normalized spacial score (nSPS) is 15.8. The molecule has 2 heterocycles. The highest BCUT2D eigenvalue weighted by Gasteiger charge is 2.24. The highest BCUT2D eigenvalue weighted by Crippen LogP contribution is 2.26. The maximum absolute atomic E-state index is 13.6. The van der Waals surface area contributed by atoms with E-state index in [-0.39, 0.29) is 29.2 Å². The Labute approximate surface area is 211 Å². The van der Waals surface area contributed by atoms with Gasteiger partial charge in [-0.3, -0.25) is 23.9 Å². The first-order valence-corrected chi connectivity index (χ1v) is 12.1. The van der Waals surface area contributed by atoms with Gasteiger partial charge < -0.3 is 10.1 Å². The number of hydrogen-bond acceptors (Lipinski definition) is 7. The lowest BCUT2D eigenvalue weighted by Crippen LogP contribution is -2.41. The van der Waals surface area contributed by atoms with Crippen LogP contribution in [0.5, 0.6) is 0 Å². The van der Waals surface area contributed by atoms with E-state index in [1.807, 2.05) is 25.1 Å². The first kappa shape index (κ1) is 25.6. The molecule has 0 saturated carbocycles. The van der Waals surface area contributed by atoms with E-state index in [1.165, 1.54) is 11.7 Å². The van der Waals surface area contributed by atoms with Crippen molar-refractivity contribution in [3.63, 3.8) is 0 Å². The van der Waals surface area contributed by atoms with Crippen LogP contribution in [0.25, 0.3) is 5.69 Å². The van der Waals surface area contributed by atoms with Crippen LogP contribution < -0.4 is 16.4 Å². The number of morpholine rings is 1. The summed E-state index contributed by atoms with van der Waals surface area (Å²) in [7, 11) is 1.38. The largest absolute Gasteiger partial charge is 0.379 e. The number of anilines is 1. The van der Waals surface area contributed by atoms with Crippen LogP contribution in [0.3, 0.4) is 0 Å². The zero-order valence-electron chi connectivity index (χ0n) is 20.9. The van der Waals surface area contributed by atoms with E-state index in [1.54, 1.807) is 30.6 Å². The Kier molecular flexibility index (Phi) is 8.48. The van der Waals surface area contributed by atoms with Gasteiger partial charge in [-0.2, -0.15) is 0 Å². The van der Waals surface area contributed by atoms with Crippen molar-refractivity contribution in [3.8, 4) is 5.69 Å². The van der Waals surface area contributed by atoms with Crippen molar-refractivity contribution in [3.05, 3.63) is 88.0 Å². The van der Waals surface area contributed by atoms with Gasteiger partial charge in [0, 0.05) is 37.6 Å². The highest BCUT2D eigenvalue weighted by molar-refractivity contribution is 5.94. The third-order valence-corrected chi connectivity index (χ3v) is 6.44. The smallest absolute Gasteiger partial charge is 0.297 e. The lowest BCUT2D eigenvalue weighted by molar-refractivity contribution is 0.0305. The molecule has 1 amide bonds. The molecule has 2 aromatic carbocycles. The molecular formula is C27H33N5O4. The fourth-order valence-corrected chi connectivity index (χ4v) is 4.52. The molecule has 0 radical (unpaired) electrons. The van der Waals surface area contributed by atoms with Gasteiger partial charge in [0.1, 0.15) is 0 Å². The number of nitrogens with one attached hydrogen (secondary N) is 2. The van der Waals surface area contributed by atoms with E-state index in [2.05, 4.69) is 39.7 Å². The van der Waals surface area contributed by atoms with E-state index < -0.39 is 0 Å². The van der Waals surface area contributed by atoms with Gasteiger partial charge in [-0.1, -0.05) is 43.3 Å². The maximum Gasteiger partial charge on any atom is 0.297 e. The van der Waals surface area contributed by atoms with Crippen LogP contribution in [0, 0.1) is 12.8 Å². The average Bonchev–Trinajstić information content (AvgIpc) is 2.89. The maximum atomic E-state index is 13.6. The summed E-state index contributed by atoms with van der Waals surface area (Å²) >= 11 is 0. The molecule has 0 aliphatic carbocycles. The molecule has 2 N–H and O–H groups in total. The molecule has 190 valence electrons. The summed E-state index contributed by atoms with van der Waals surface area (Å²) in [5.74, 6) is 0.0646. The summed E-state index contributed by atoms with van der Waals surface area (Å²) in [6.45, 7) is 8.22. The molecule has 9 heteroatoms. The van der Waals surface area contributed by atoms with Gasteiger partial charge in [0.2, 0.25) is 0 Å². The SMILES string of the molecule is CONC(=O)c1ccc(C)c(-n2ccnc(N[C@@H](c3ccccc3)[C@@H](C)CN3CCOCC3)c2=O)c1. The molecule has 4 rings (SSSR count). The number of benzene rings is 2. The minimum atomic E-state index is -0.389. The number of carbonyl (C=O) groups excluding carboxylic acids is 1. The predicted octanol–water partition coefficient (Wildman–Crippen LogP) is 2.95. The van der Waals surface area contributed by atoms with Gasteiger partial charge >= 0.3 is 0 Å². The summed E-state index contributed by atoms with van der Waals surface area (Å²) in [6.07, 6.45) is 3.21. The van der Waals surface area contributed by atoms with Gasteiger partial charge in [-0.25, -0.2) is 10.5 Å². The molecule has 1 aliphatic rings. The van der Waals surface area contributed by atoms with Crippen molar-refractivity contribution in [1.29, 1.82) is 0 Å². The van der Waals surface area contributed by atoms with E-state index >= 15 is 0 Å². The second kappa shape index (κ2) is 11.9. The number of aryl methyl sites for hydroxylation is 1. The van der Waals surface area contributed by atoms with E-state index in [9.17, 15) is 9.59 Å². The number of nitrogens with zero attached hydrogens (tertiary/aromatic N) is 3. The van der Waals surface area contributed by atoms with Crippen molar-refractivity contribution < 1.29 is 14.4 Å². The zero-order chi connectivity index (χ0) is 25.5. The van der Waals surface area contributed by atoms with Crippen LogP contribution in [-0.4, -0.2) is 60.3 Å². The Morgan fingerprint density at radius 1 is 1.17 bits per heavy atom. The second-order valence-electron chi connectivity index (χ2n) is 9.01. The second-order valence-corrected chi connectivity index (χ2v) is 9.01. The predicted molar refractivity (Wildman–Crippen MR) is 138 cm³/mol. The molecule has 2 atom stereocenters. The van der Waals surface area contributed by atoms with E-state index in [0.717, 1.165) is 44.0 Å². The van der Waals surface area contributed by atoms with E-state index in [4.69, 9.17) is 9.57 Å². The lowest BCUT2D eigenvalue weighted by Gasteiger charge is -2.33. The number of amides is 1. The Balaban J connectivity index is 1.65. The molecule has 1 fully saturated rings. The van der Waals surface area contributed by atoms with Crippen molar-refractivity contribution in [2.45, 2.75) is 19.9 Å². The Hall–Kier alpha value is -3.53. The third kappa shape index (κ3) is 5.99. The van der Waals surface area contributed by atoms with Gasteiger partial charge in [-0.15, -0.1) is 0 Å². The number of carbonyl (C=O) groups is 1. The minimum Gasteiger partial charge on any atom is -0.379 e. The number of hydrogen-bond donors (Lipinski definition) is 2. The first-order valence-electron chi connectivity index (χ1n) is 12.1. The fraction of sp³-hybridized carbons (Fsp3) is 0.370. The zero-order valence-corrected chi connectivity index (χ0v) is 20.9. The van der Waals surface area contributed by atoms with Crippen LogP contribution in [0.15, 0.2) is 65.7 Å². The fourth-order valence-electron chi connectivity index (χ4n) is 4.52. The van der Waals surface area contributed by atoms with Crippen LogP contribution in [0.4, 0.5) is 5.82 Å². The molecule has 1 saturated heterocycles. The lowest BCUT2D eigenvalue weighted by atomic mass is 9.93. The van der Waals surface area contributed by atoms with Crippen molar-refractivity contribution in [1.82, 2.24) is 19.9 Å².